The summed E-state index contributed by atoms with van der Waals surface area (Å²) in [6.45, 7) is 7.88. The van der Waals surface area contributed by atoms with Gasteiger partial charge in [0.1, 0.15) is 12.2 Å². The molecule has 18 heavy (non-hydrogen) atoms. The van der Waals surface area contributed by atoms with Crippen molar-refractivity contribution < 1.29 is 14.7 Å². The van der Waals surface area contributed by atoms with Gasteiger partial charge in [0.2, 0.25) is 0 Å². The Kier molecular flexibility index (Phi) is 8.89. The molecule has 0 rings (SSSR count). The van der Waals surface area contributed by atoms with Crippen molar-refractivity contribution >= 4 is 11.8 Å². The Morgan fingerprint density at radius 3 is 2.39 bits per heavy atom. The van der Waals surface area contributed by atoms with E-state index in [1.165, 1.54) is 5.57 Å². The van der Waals surface area contributed by atoms with Crippen molar-refractivity contribution in [2.45, 2.75) is 52.4 Å². The second-order valence-corrected chi connectivity index (χ2v) is 4.76. The van der Waals surface area contributed by atoms with E-state index in [1.807, 2.05) is 6.08 Å². The van der Waals surface area contributed by atoms with Crippen LogP contribution in [0, 0.1) is 5.92 Å². The molecule has 0 saturated heterocycles. The van der Waals surface area contributed by atoms with Crippen molar-refractivity contribution in [3.63, 3.8) is 0 Å². The highest BCUT2D eigenvalue weighted by Crippen LogP contribution is 2.18. The average Bonchev–Trinajstić information content (AvgIpc) is 2.26. The van der Waals surface area contributed by atoms with Gasteiger partial charge in [-0.15, -0.1) is 6.58 Å². The number of rotatable bonds is 10. The van der Waals surface area contributed by atoms with E-state index in [1.54, 1.807) is 0 Å². The van der Waals surface area contributed by atoms with Gasteiger partial charge < -0.3 is 5.11 Å². The quantitative estimate of drug-likeness (QED) is 0.366. The topological polar surface area (TPSA) is 54.4 Å². The minimum Gasteiger partial charge on any atom is -0.481 e. The van der Waals surface area contributed by atoms with E-state index in [-0.39, 0.29) is 12.2 Å². The first-order chi connectivity index (χ1) is 8.47. The number of hydrogen-bond acceptors (Lipinski definition) is 2. The summed E-state index contributed by atoms with van der Waals surface area (Å²) in [6, 6.07) is 0. The smallest absolute Gasteiger partial charge is 0.310 e. The number of carbonyl (C=O) groups excluding carboxylic acids is 1. The summed E-state index contributed by atoms with van der Waals surface area (Å²) in [5.74, 6) is -0.826. The van der Waals surface area contributed by atoms with E-state index >= 15 is 0 Å². The summed E-state index contributed by atoms with van der Waals surface area (Å²) in [5.41, 5.74) is 1.25. The van der Waals surface area contributed by atoms with Crippen molar-refractivity contribution in [2.75, 3.05) is 0 Å². The van der Waals surface area contributed by atoms with Gasteiger partial charge in [0.05, 0.1) is 0 Å². The van der Waals surface area contributed by atoms with Crippen LogP contribution in [-0.4, -0.2) is 16.9 Å². The standard InChI is InChI=1S/C15H24O3/c1-4-5-6-7-8-13(12(2)3)9-10-14(16)11-15(17)18/h4,8,12H,1,5-7,9-11H2,2-3H3,(H,17,18)/b13-8-. The highest BCUT2D eigenvalue weighted by Gasteiger charge is 2.10. The lowest BCUT2D eigenvalue weighted by molar-refractivity contribution is -0.140. The maximum Gasteiger partial charge on any atom is 0.310 e. The van der Waals surface area contributed by atoms with Crippen LogP contribution in [0.15, 0.2) is 24.3 Å². The predicted octanol–water partition coefficient (Wildman–Crippen LogP) is 3.75. The molecule has 0 amide bonds. The van der Waals surface area contributed by atoms with Crippen molar-refractivity contribution in [1.29, 1.82) is 0 Å². The first-order valence-electron chi connectivity index (χ1n) is 6.50. The van der Waals surface area contributed by atoms with Gasteiger partial charge in [0, 0.05) is 6.42 Å². The number of Topliss-reactive ketones (excluding diaryl/α,β-unsaturated/α-hetero) is 1. The van der Waals surface area contributed by atoms with Crippen LogP contribution in [0.25, 0.3) is 0 Å². The Hall–Kier alpha value is -1.38. The Bertz CT molecular complexity index is 314. The maximum absolute atomic E-state index is 11.3. The van der Waals surface area contributed by atoms with E-state index in [0.717, 1.165) is 19.3 Å². The number of allylic oxidation sites excluding steroid dienone is 3. The van der Waals surface area contributed by atoms with Crippen molar-refractivity contribution in [2.24, 2.45) is 5.92 Å². The summed E-state index contributed by atoms with van der Waals surface area (Å²) >= 11 is 0. The van der Waals surface area contributed by atoms with Crippen molar-refractivity contribution in [3.8, 4) is 0 Å². The lowest BCUT2D eigenvalue weighted by Gasteiger charge is -2.11. The van der Waals surface area contributed by atoms with Crippen molar-refractivity contribution in [1.82, 2.24) is 0 Å². The molecule has 0 fully saturated rings. The van der Waals surface area contributed by atoms with Gasteiger partial charge in [0.15, 0.2) is 0 Å². The highest BCUT2D eigenvalue weighted by atomic mass is 16.4. The summed E-state index contributed by atoms with van der Waals surface area (Å²) < 4.78 is 0. The lowest BCUT2D eigenvalue weighted by Crippen LogP contribution is -2.07. The molecule has 1 N–H and O–H groups in total. The van der Waals surface area contributed by atoms with Crippen LogP contribution in [0.2, 0.25) is 0 Å². The molecule has 0 aliphatic rings. The molecule has 0 aromatic carbocycles. The molecule has 0 aromatic heterocycles. The van der Waals surface area contributed by atoms with Crippen LogP contribution in [0.5, 0.6) is 0 Å². The van der Waals surface area contributed by atoms with Gasteiger partial charge in [-0.2, -0.15) is 0 Å². The molecule has 0 aromatic rings. The lowest BCUT2D eigenvalue weighted by atomic mass is 9.95. The third-order valence-electron chi connectivity index (χ3n) is 2.80. The molecule has 0 heterocycles. The minimum absolute atomic E-state index is 0.194. The van der Waals surface area contributed by atoms with E-state index in [9.17, 15) is 9.59 Å². The largest absolute Gasteiger partial charge is 0.481 e. The van der Waals surface area contributed by atoms with Crippen LogP contribution in [0.1, 0.15) is 52.4 Å². The average molecular weight is 252 g/mol. The number of hydrogen-bond donors (Lipinski definition) is 1. The summed E-state index contributed by atoms with van der Waals surface area (Å²) in [5, 5.41) is 8.51. The zero-order chi connectivity index (χ0) is 14.0. The van der Waals surface area contributed by atoms with Crippen LogP contribution >= 0.6 is 0 Å². The molecule has 0 unspecified atom stereocenters. The van der Waals surface area contributed by atoms with Crippen LogP contribution in [-0.2, 0) is 9.59 Å². The van der Waals surface area contributed by atoms with E-state index in [4.69, 9.17) is 5.11 Å². The highest BCUT2D eigenvalue weighted by molar-refractivity contribution is 5.94. The van der Waals surface area contributed by atoms with Gasteiger partial charge in [-0.25, -0.2) is 0 Å². The van der Waals surface area contributed by atoms with Crippen LogP contribution < -0.4 is 0 Å². The number of unbranched alkanes of at least 4 members (excludes halogenated alkanes) is 2. The molecule has 0 atom stereocenters. The number of aliphatic carboxylic acids is 1. The van der Waals surface area contributed by atoms with Gasteiger partial charge in [0.25, 0.3) is 0 Å². The molecule has 0 aliphatic heterocycles. The van der Waals surface area contributed by atoms with E-state index < -0.39 is 5.97 Å². The molecule has 0 aliphatic carbocycles. The van der Waals surface area contributed by atoms with Crippen LogP contribution in [0.3, 0.4) is 0 Å². The Morgan fingerprint density at radius 1 is 1.22 bits per heavy atom. The predicted molar refractivity (Wildman–Crippen MR) is 73.5 cm³/mol. The molecule has 0 saturated carbocycles. The van der Waals surface area contributed by atoms with Gasteiger partial charge >= 0.3 is 5.97 Å². The molecule has 3 nitrogen and oxygen atoms in total. The molecule has 102 valence electrons. The molecular formula is C15H24O3. The fourth-order valence-corrected chi connectivity index (χ4v) is 1.72. The SMILES string of the molecule is C=CCCC/C=C(/CCC(=O)CC(=O)O)C(C)C. The van der Waals surface area contributed by atoms with Gasteiger partial charge in [-0.05, 0) is 31.6 Å². The Morgan fingerprint density at radius 2 is 1.89 bits per heavy atom. The number of carboxylic acids is 1. The number of carboxylic acid groups (broad SMARTS) is 1. The third-order valence-corrected chi connectivity index (χ3v) is 2.80. The molecule has 3 heteroatoms. The third kappa shape index (κ3) is 8.74. The van der Waals surface area contributed by atoms with E-state index in [0.29, 0.717) is 18.8 Å². The summed E-state index contributed by atoms with van der Waals surface area (Å²) in [7, 11) is 0. The zero-order valence-corrected chi connectivity index (χ0v) is 11.4. The Balaban J connectivity index is 4.15. The minimum atomic E-state index is -1.04. The number of carbonyl (C=O) groups is 2. The first kappa shape index (κ1) is 16.6. The fraction of sp³-hybridized carbons (Fsp3) is 0.600. The normalized spacial score (nSPS) is 11.6. The second kappa shape index (κ2) is 9.63. The molecule has 0 spiro atoms. The van der Waals surface area contributed by atoms with Gasteiger partial charge in [-0.1, -0.05) is 31.6 Å². The first-order valence-corrected chi connectivity index (χ1v) is 6.50. The number of ketones is 1. The summed E-state index contributed by atoms with van der Waals surface area (Å²) in [4.78, 5) is 21.7. The zero-order valence-electron chi connectivity index (χ0n) is 11.4. The van der Waals surface area contributed by atoms with Gasteiger partial charge in [-0.3, -0.25) is 9.59 Å². The Labute approximate surface area is 110 Å². The molecule has 0 bridgehead atoms. The van der Waals surface area contributed by atoms with Crippen LogP contribution in [0.4, 0.5) is 0 Å². The van der Waals surface area contributed by atoms with Crippen molar-refractivity contribution in [3.05, 3.63) is 24.3 Å². The fourth-order valence-electron chi connectivity index (χ4n) is 1.72. The molecular weight excluding hydrogens is 228 g/mol. The van der Waals surface area contributed by atoms with E-state index in [2.05, 4.69) is 26.5 Å². The molecule has 0 radical (unpaired) electrons. The maximum atomic E-state index is 11.3. The summed E-state index contributed by atoms with van der Waals surface area (Å²) in [6.07, 6.45) is 7.80. The monoisotopic (exact) mass is 252 g/mol. The second-order valence-electron chi connectivity index (χ2n) is 4.76.